The molecule has 0 bridgehead atoms. The highest BCUT2D eigenvalue weighted by molar-refractivity contribution is 7.09. The summed E-state index contributed by atoms with van der Waals surface area (Å²) < 4.78 is 5.33. The maximum atomic E-state index is 13.0. The standard InChI is InChI=1S/C16H22N2O3S/c1-10-13(17-9-22-10)15(20)18(12-4-6-16(12,2)3)14(19)11-5-7-21-8-11/h9,11-12H,4-8H2,1-3H3. The van der Waals surface area contributed by atoms with Gasteiger partial charge in [-0.05, 0) is 31.6 Å². The number of ether oxygens (including phenoxy) is 1. The molecule has 120 valence electrons. The molecule has 6 heteroatoms. The van der Waals surface area contributed by atoms with Crippen LogP contribution in [0, 0.1) is 18.3 Å². The van der Waals surface area contributed by atoms with Crippen molar-refractivity contribution in [2.24, 2.45) is 11.3 Å². The first kappa shape index (κ1) is 15.6. The summed E-state index contributed by atoms with van der Waals surface area (Å²) in [6.45, 7) is 7.13. The number of amides is 2. The van der Waals surface area contributed by atoms with E-state index in [0.717, 1.165) is 17.7 Å². The fraction of sp³-hybridized carbons (Fsp3) is 0.688. The van der Waals surface area contributed by atoms with Crippen molar-refractivity contribution in [1.82, 2.24) is 9.88 Å². The van der Waals surface area contributed by atoms with Crippen molar-refractivity contribution >= 4 is 23.2 Å². The molecule has 1 aromatic rings. The van der Waals surface area contributed by atoms with Gasteiger partial charge in [0, 0.05) is 17.5 Å². The highest BCUT2D eigenvalue weighted by Gasteiger charge is 2.48. The normalized spacial score (nSPS) is 26.5. The zero-order valence-corrected chi connectivity index (χ0v) is 14.1. The summed E-state index contributed by atoms with van der Waals surface area (Å²) in [5.74, 6) is -0.527. The third-order valence-electron chi connectivity index (χ3n) is 4.96. The lowest BCUT2D eigenvalue weighted by molar-refractivity contribution is -0.140. The molecule has 2 fully saturated rings. The van der Waals surface area contributed by atoms with Gasteiger partial charge < -0.3 is 4.74 Å². The molecule has 1 aromatic heterocycles. The number of rotatable bonds is 3. The van der Waals surface area contributed by atoms with Gasteiger partial charge in [-0.3, -0.25) is 14.5 Å². The summed E-state index contributed by atoms with van der Waals surface area (Å²) in [6.07, 6.45) is 2.61. The molecule has 2 unspecified atom stereocenters. The van der Waals surface area contributed by atoms with E-state index in [2.05, 4.69) is 18.8 Å². The molecule has 1 saturated carbocycles. The zero-order chi connectivity index (χ0) is 15.9. The second kappa shape index (κ2) is 5.74. The predicted octanol–water partition coefficient (Wildman–Crippen LogP) is 2.65. The lowest BCUT2D eigenvalue weighted by atomic mass is 9.66. The van der Waals surface area contributed by atoms with Crippen LogP contribution in [-0.2, 0) is 9.53 Å². The van der Waals surface area contributed by atoms with Crippen molar-refractivity contribution in [3.05, 3.63) is 16.1 Å². The molecule has 22 heavy (non-hydrogen) atoms. The third-order valence-corrected chi connectivity index (χ3v) is 5.72. The van der Waals surface area contributed by atoms with E-state index in [9.17, 15) is 9.59 Å². The van der Waals surface area contributed by atoms with Crippen LogP contribution in [0.5, 0.6) is 0 Å². The maximum Gasteiger partial charge on any atom is 0.280 e. The lowest BCUT2D eigenvalue weighted by Gasteiger charge is -2.49. The van der Waals surface area contributed by atoms with Crippen molar-refractivity contribution < 1.29 is 14.3 Å². The summed E-state index contributed by atoms with van der Waals surface area (Å²) >= 11 is 1.44. The Morgan fingerprint density at radius 3 is 2.64 bits per heavy atom. The lowest BCUT2D eigenvalue weighted by Crippen LogP contribution is -2.58. The summed E-state index contributed by atoms with van der Waals surface area (Å²) in [5.41, 5.74) is 2.06. The summed E-state index contributed by atoms with van der Waals surface area (Å²) in [4.78, 5) is 32.4. The predicted molar refractivity (Wildman–Crippen MR) is 83.8 cm³/mol. The molecule has 1 aliphatic heterocycles. The molecule has 0 aromatic carbocycles. The highest BCUT2D eigenvalue weighted by Crippen LogP contribution is 2.44. The summed E-state index contributed by atoms with van der Waals surface area (Å²) in [6, 6.07) is -0.0331. The van der Waals surface area contributed by atoms with E-state index >= 15 is 0 Å². The quantitative estimate of drug-likeness (QED) is 0.803. The number of aryl methyl sites for hydroxylation is 1. The van der Waals surface area contributed by atoms with Crippen molar-refractivity contribution in [2.45, 2.75) is 46.1 Å². The topological polar surface area (TPSA) is 59.5 Å². The van der Waals surface area contributed by atoms with Gasteiger partial charge in [-0.1, -0.05) is 13.8 Å². The van der Waals surface area contributed by atoms with Gasteiger partial charge in [-0.25, -0.2) is 4.98 Å². The second-order valence-corrected chi connectivity index (χ2v) is 7.93. The van der Waals surface area contributed by atoms with Crippen molar-refractivity contribution in [3.8, 4) is 0 Å². The van der Waals surface area contributed by atoms with Crippen LogP contribution in [0.25, 0.3) is 0 Å². The Morgan fingerprint density at radius 1 is 1.41 bits per heavy atom. The Balaban J connectivity index is 1.91. The van der Waals surface area contributed by atoms with Gasteiger partial charge in [0.05, 0.1) is 18.0 Å². The SMILES string of the molecule is Cc1scnc1C(=O)N(C(=O)C1CCOC1)C1CCC1(C)C. The van der Waals surface area contributed by atoms with Crippen LogP contribution in [0.2, 0.25) is 0 Å². The monoisotopic (exact) mass is 322 g/mol. The van der Waals surface area contributed by atoms with E-state index in [0.29, 0.717) is 25.3 Å². The summed E-state index contributed by atoms with van der Waals surface area (Å²) in [5, 5.41) is 0. The first-order valence-corrected chi connectivity index (χ1v) is 8.65. The molecule has 3 rings (SSSR count). The minimum Gasteiger partial charge on any atom is -0.381 e. The fourth-order valence-electron chi connectivity index (χ4n) is 3.28. The molecule has 0 radical (unpaired) electrons. The first-order valence-electron chi connectivity index (χ1n) is 7.77. The molecule has 1 saturated heterocycles. The van der Waals surface area contributed by atoms with Gasteiger partial charge in [0.15, 0.2) is 0 Å². The Morgan fingerprint density at radius 2 is 2.18 bits per heavy atom. The van der Waals surface area contributed by atoms with Crippen LogP contribution in [-0.4, -0.2) is 41.0 Å². The fourth-order valence-corrected chi connectivity index (χ4v) is 3.84. The molecule has 2 heterocycles. The summed E-state index contributed by atoms with van der Waals surface area (Å²) in [7, 11) is 0. The second-order valence-electron chi connectivity index (χ2n) is 6.87. The maximum absolute atomic E-state index is 13.0. The zero-order valence-electron chi connectivity index (χ0n) is 13.3. The average Bonchev–Trinajstić information content (AvgIpc) is 3.13. The highest BCUT2D eigenvalue weighted by atomic mass is 32.1. The largest absolute Gasteiger partial charge is 0.381 e. The number of hydrogen-bond donors (Lipinski definition) is 0. The molecular weight excluding hydrogens is 300 g/mol. The van der Waals surface area contributed by atoms with E-state index in [4.69, 9.17) is 4.74 Å². The number of thiazole rings is 1. The van der Waals surface area contributed by atoms with Gasteiger partial charge in [-0.15, -0.1) is 11.3 Å². The smallest absolute Gasteiger partial charge is 0.280 e. The van der Waals surface area contributed by atoms with E-state index in [-0.39, 0.29) is 29.2 Å². The molecule has 5 nitrogen and oxygen atoms in total. The van der Waals surface area contributed by atoms with Gasteiger partial charge in [-0.2, -0.15) is 0 Å². The van der Waals surface area contributed by atoms with Crippen LogP contribution in [0.1, 0.15) is 48.5 Å². The first-order chi connectivity index (χ1) is 10.4. The average molecular weight is 322 g/mol. The number of aromatic nitrogens is 1. The molecule has 2 atom stereocenters. The van der Waals surface area contributed by atoms with Crippen molar-refractivity contribution in [2.75, 3.05) is 13.2 Å². The van der Waals surface area contributed by atoms with Crippen LogP contribution in [0.15, 0.2) is 5.51 Å². The van der Waals surface area contributed by atoms with E-state index in [1.807, 2.05) is 6.92 Å². The van der Waals surface area contributed by atoms with E-state index in [1.54, 1.807) is 5.51 Å². The van der Waals surface area contributed by atoms with Crippen LogP contribution < -0.4 is 0 Å². The number of carbonyl (C=O) groups excluding carboxylic acids is 2. The van der Waals surface area contributed by atoms with E-state index < -0.39 is 0 Å². The minimum absolute atomic E-state index is 0.0191. The Labute approximate surface area is 134 Å². The molecule has 0 N–H and O–H groups in total. The number of carbonyl (C=O) groups is 2. The van der Waals surface area contributed by atoms with Gasteiger partial charge >= 0.3 is 0 Å². The molecule has 1 aliphatic carbocycles. The van der Waals surface area contributed by atoms with Gasteiger partial charge in [0.2, 0.25) is 5.91 Å². The van der Waals surface area contributed by atoms with Gasteiger partial charge in [0.1, 0.15) is 5.69 Å². The molecular formula is C16H22N2O3S. The Bertz CT molecular complexity index is 590. The number of hydrogen-bond acceptors (Lipinski definition) is 5. The van der Waals surface area contributed by atoms with Crippen LogP contribution in [0.3, 0.4) is 0 Å². The van der Waals surface area contributed by atoms with E-state index in [1.165, 1.54) is 16.2 Å². The van der Waals surface area contributed by atoms with Crippen molar-refractivity contribution in [3.63, 3.8) is 0 Å². The molecule has 0 spiro atoms. The van der Waals surface area contributed by atoms with Gasteiger partial charge in [0.25, 0.3) is 5.91 Å². The third kappa shape index (κ3) is 2.58. The Hall–Kier alpha value is -1.27. The number of imide groups is 1. The van der Waals surface area contributed by atoms with Crippen LogP contribution >= 0.6 is 11.3 Å². The molecule has 2 aliphatic rings. The molecule has 2 amide bonds. The minimum atomic E-state index is -0.242. The van der Waals surface area contributed by atoms with Crippen LogP contribution in [0.4, 0.5) is 0 Å². The van der Waals surface area contributed by atoms with Crippen molar-refractivity contribution in [1.29, 1.82) is 0 Å². The number of nitrogens with zero attached hydrogens (tertiary/aromatic N) is 2. The Kier molecular flexibility index (Phi) is 4.07.